The van der Waals surface area contributed by atoms with Crippen LogP contribution in [0.5, 0.6) is 0 Å². The van der Waals surface area contributed by atoms with E-state index in [9.17, 15) is 9.59 Å². The number of benzene rings is 2. The average Bonchev–Trinajstić information content (AvgIpc) is 3.52. The lowest BCUT2D eigenvalue weighted by Crippen LogP contribution is -2.10. The molecule has 0 spiro atoms. The van der Waals surface area contributed by atoms with Crippen LogP contribution in [-0.4, -0.2) is 11.9 Å². The molecule has 0 N–H and O–H groups in total. The lowest BCUT2D eigenvalue weighted by molar-refractivity contribution is 0.0652. The predicted octanol–water partition coefficient (Wildman–Crippen LogP) is 7.66. The van der Waals surface area contributed by atoms with Crippen molar-refractivity contribution >= 4 is 69.3 Å². The van der Waals surface area contributed by atoms with E-state index in [1.54, 1.807) is 83.6 Å². The second-order valence-corrected chi connectivity index (χ2v) is 9.06. The molecule has 0 amide bonds. The Hall–Kier alpha value is -2.90. The molecule has 0 aliphatic rings. The summed E-state index contributed by atoms with van der Waals surface area (Å²) < 4.78 is 11.6. The molecular formula is C24H14Cl2O4S2. The normalized spacial score (nSPS) is 11.6. The molecule has 0 radical (unpaired) electrons. The van der Waals surface area contributed by atoms with Crippen molar-refractivity contribution in [3.8, 4) is 0 Å². The highest BCUT2D eigenvalue weighted by Crippen LogP contribution is 2.36. The zero-order chi connectivity index (χ0) is 22.5. The van der Waals surface area contributed by atoms with Crippen LogP contribution in [0.3, 0.4) is 0 Å². The SMILES string of the molecule is O=C(O/C(=C(/OC(=O)c1cccs1)c1ccccc1Cl)c1ccccc1Cl)c1cccs1. The molecule has 0 saturated carbocycles. The summed E-state index contributed by atoms with van der Waals surface area (Å²) in [7, 11) is 0. The van der Waals surface area contributed by atoms with Gasteiger partial charge in [-0.2, -0.15) is 0 Å². The maximum atomic E-state index is 12.9. The van der Waals surface area contributed by atoms with Gasteiger partial charge in [-0.3, -0.25) is 0 Å². The Bertz CT molecular complexity index is 1180. The molecule has 32 heavy (non-hydrogen) atoms. The van der Waals surface area contributed by atoms with Crippen molar-refractivity contribution in [2.24, 2.45) is 0 Å². The largest absolute Gasteiger partial charge is 0.418 e. The van der Waals surface area contributed by atoms with Crippen molar-refractivity contribution in [1.29, 1.82) is 0 Å². The van der Waals surface area contributed by atoms with Gasteiger partial charge in [0, 0.05) is 11.1 Å². The van der Waals surface area contributed by atoms with E-state index in [0.29, 0.717) is 30.9 Å². The standard InChI is InChI=1S/C24H14Cl2O4S2/c25-17-9-3-1-7-15(17)21(29-23(27)19-11-5-13-31-19)22(16-8-2-4-10-18(16)26)30-24(28)20-12-6-14-32-20/h1-14H/b22-21+. The molecule has 160 valence electrons. The molecule has 4 rings (SSSR count). The number of esters is 2. The Morgan fingerprint density at radius 1 is 0.594 bits per heavy atom. The van der Waals surface area contributed by atoms with E-state index < -0.39 is 11.9 Å². The van der Waals surface area contributed by atoms with Crippen LogP contribution in [0.25, 0.3) is 11.5 Å². The van der Waals surface area contributed by atoms with E-state index >= 15 is 0 Å². The molecule has 0 aliphatic carbocycles. The number of carbonyl (C=O) groups excluding carboxylic acids is 2. The third-order valence-electron chi connectivity index (χ3n) is 4.28. The van der Waals surface area contributed by atoms with Gasteiger partial charge in [-0.15, -0.1) is 22.7 Å². The van der Waals surface area contributed by atoms with Crippen LogP contribution in [0.15, 0.2) is 83.6 Å². The third kappa shape index (κ3) is 4.95. The van der Waals surface area contributed by atoms with Crippen molar-refractivity contribution in [3.63, 3.8) is 0 Å². The lowest BCUT2D eigenvalue weighted by atomic mass is 10.1. The Morgan fingerprint density at radius 3 is 1.34 bits per heavy atom. The fourth-order valence-electron chi connectivity index (χ4n) is 2.81. The van der Waals surface area contributed by atoms with E-state index in [0.717, 1.165) is 0 Å². The number of carbonyl (C=O) groups is 2. The summed E-state index contributed by atoms with van der Waals surface area (Å²) in [5.41, 5.74) is 0.765. The Balaban J connectivity index is 1.91. The third-order valence-corrected chi connectivity index (χ3v) is 6.64. The number of thiophene rings is 2. The molecule has 0 atom stereocenters. The van der Waals surface area contributed by atoms with Gasteiger partial charge in [0.05, 0.1) is 10.0 Å². The van der Waals surface area contributed by atoms with E-state index in [1.165, 1.54) is 22.7 Å². The van der Waals surface area contributed by atoms with E-state index in [1.807, 2.05) is 0 Å². The maximum Gasteiger partial charge on any atom is 0.353 e. The fourth-order valence-corrected chi connectivity index (χ4v) is 4.45. The van der Waals surface area contributed by atoms with Gasteiger partial charge < -0.3 is 9.47 Å². The van der Waals surface area contributed by atoms with Crippen LogP contribution in [-0.2, 0) is 9.47 Å². The van der Waals surface area contributed by atoms with Crippen LogP contribution < -0.4 is 0 Å². The first-order valence-corrected chi connectivity index (χ1v) is 11.8. The van der Waals surface area contributed by atoms with E-state index in [-0.39, 0.29) is 11.5 Å². The summed E-state index contributed by atoms with van der Waals surface area (Å²) in [6.45, 7) is 0. The molecule has 4 nitrogen and oxygen atoms in total. The van der Waals surface area contributed by atoms with Gasteiger partial charge in [0.25, 0.3) is 0 Å². The first-order chi connectivity index (χ1) is 15.5. The molecule has 2 heterocycles. The number of halogens is 2. The quantitative estimate of drug-likeness (QED) is 0.155. The first kappa shape index (κ1) is 22.3. The molecular weight excluding hydrogens is 487 g/mol. The van der Waals surface area contributed by atoms with Gasteiger partial charge >= 0.3 is 11.9 Å². The Kier molecular flexibility index (Phi) is 7.07. The molecule has 0 aliphatic heterocycles. The minimum Gasteiger partial charge on any atom is -0.418 e. The van der Waals surface area contributed by atoms with Crippen LogP contribution in [0.1, 0.15) is 30.5 Å². The smallest absolute Gasteiger partial charge is 0.353 e. The average molecular weight is 501 g/mol. The summed E-state index contributed by atoms with van der Waals surface area (Å²) in [6.07, 6.45) is 0. The topological polar surface area (TPSA) is 52.6 Å². The minimum absolute atomic E-state index is 0.00740. The summed E-state index contributed by atoms with van der Waals surface area (Å²) >= 11 is 15.3. The van der Waals surface area contributed by atoms with E-state index in [2.05, 4.69) is 0 Å². The number of hydrogen-bond donors (Lipinski definition) is 0. The fraction of sp³-hybridized carbons (Fsp3) is 0. The highest BCUT2D eigenvalue weighted by Gasteiger charge is 2.26. The van der Waals surface area contributed by atoms with Gasteiger partial charge in [-0.1, -0.05) is 59.6 Å². The second kappa shape index (κ2) is 10.1. The Labute approximate surface area is 202 Å². The summed E-state index contributed by atoms with van der Waals surface area (Å²) in [6, 6.07) is 20.4. The van der Waals surface area contributed by atoms with Crippen molar-refractivity contribution in [3.05, 3.63) is 114 Å². The van der Waals surface area contributed by atoms with Gasteiger partial charge in [-0.05, 0) is 47.2 Å². The molecule has 4 aromatic rings. The number of rotatable bonds is 6. The van der Waals surface area contributed by atoms with Gasteiger partial charge in [0.15, 0.2) is 11.5 Å². The number of hydrogen-bond acceptors (Lipinski definition) is 6. The van der Waals surface area contributed by atoms with Crippen molar-refractivity contribution in [1.82, 2.24) is 0 Å². The predicted molar refractivity (Wildman–Crippen MR) is 129 cm³/mol. The molecule has 2 aromatic heterocycles. The zero-order valence-corrected chi connectivity index (χ0v) is 19.4. The van der Waals surface area contributed by atoms with Crippen LogP contribution in [0.4, 0.5) is 0 Å². The first-order valence-electron chi connectivity index (χ1n) is 9.30. The van der Waals surface area contributed by atoms with Gasteiger partial charge in [-0.25, -0.2) is 9.59 Å². The van der Waals surface area contributed by atoms with E-state index in [4.69, 9.17) is 32.7 Å². The van der Waals surface area contributed by atoms with Crippen LogP contribution in [0, 0.1) is 0 Å². The zero-order valence-electron chi connectivity index (χ0n) is 16.3. The second-order valence-electron chi connectivity index (χ2n) is 6.35. The van der Waals surface area contributed by atoms with Crippen molar-refractivity contribution in [2.45, 2.75) is 0 Å². The molecule has 2 aromatic carbocycles. The monoisotopic (exact) mass is 500 g/mol. The summed E-state index contributed by atoms with van der Waals surface area (Å²) in [5, 5.41) is 4.17. The summed E-state index contributed by atoms with van der Waals surface area (Å²) in [5.74, 6) is -1.22. The minimum atomic E-state index is -0.605. The lowest BCUT2D eigenvalue weighted by Gasteiger charge is -2.17. The molecule has 8 heteroatoms. The highest BCUT2D eigenvalue weighted by atomic mass is 35.5. The van der Waals surface area contributed by atoms with Gasteiger partial charge in [0.2, 0.25) is 0 Å². The molecule has 0 bridgehead atoms. The Morgan fingerprint density at radius 2 is 1.00 bits per heavy atom. The molecule has 0 saturated heterocycles. The van der Waals surface area contributed by atoms with Crippen LogP contribution >= 0.6 is 45.9 Å². The maximum absolute atomic E-state index is 12.9. The summed E-state index contributed by atoms with van der Waals surface area (Å²) in [4.78, 5) is 26.5. The van der Waals surface area contributed by atoms with Crippen molar-refractivity contribution < 1.29 is 19.1 Å². The molecule has 0 unspecified atom stereocenters. The van der Waals surface area contributed by atoms with Crippen LogP contribution in [0.2, 0.25) is 10.0 Å². The molecule has 0 fully saturated rings. The number of ether oxygens (including phenoxy) is 2. The van der Waals surface area contributed by atoms with Crippen molar-refractivity contribution in [2.75, 3.05) is 0 Å². The highest BCUT2D eigenvalue weighted by molar-refractivity contribution is 7.12. The van der Waals surface area contributed by atoms with Gasteiger partial charge in [0.1, 0.15) is 9.75 Å².